The first-order valence-corrected chi connectivity index (χ1v) is 7.80. The molecule has 118 valence electrons. The molecule has 0 saturated carbocycles. The molecule has 1 unspecified atom stereocenters. The van der Waals surface area contributed by atoms with E-state index in [4.69, 9.17) is 4.52 Å². The maximum atomic E-state index is 9.73. The summed E-state index contributed by atoms with van der Waals surface area (Å²) < 4.78 is 5.36. The summed E-state index contributed by atoms with van der Waals surface area (Å²) in [6.45, 7) is 6.27. The number of hydrogen-bond donors (Lipinski definition) is 1. The Morgan fingerprint density at radius 2 is 1.91 bits per heavy atom. The molecule has 1 aromatic carbocycles. The van der Waals surface area contributed by atoms with E-state index >= 15 is 0 Å². The Kier molecular flexibility index (Phi) is 4.70. The highest BCUT2D eigenvalue weighted by molar-refractivity contribution is 5.54. The molecule has 22 heavy (non-hydrogen) atoms. The minimum atomic E-state index is -0.235. The zero-order valence-corrected chi connectivity index (χ0v) is 12.9. The second kappa shape index (κ2) is 6.89. The first kappa shape index (κ1) is 15.0. The van der Waals surface area contributed by atoms with Crippen LogP contribution in [-0.2, 0) is 0 Å². The quantitative estimate of drug-likeness (QED) is 0.905. The molecule has 3 rings (SSSR count). The highest BCUT2D eigenvalue weighted by atomic mass is 16.5. The van der Waals surface area contributed by atoms with Crippen LogP contribution in [0.4, 0.5) is 5.95 Å². The Morgan fingerprint density at radius 1 is 1.18 bits per heavy atom. The topological polar surface area (TPSA) is 65.6 Å². The summed E-state index contributed by atoms with van der Waals surface area (Å²) in [7, 11) is 0. The molecule has 1 aliphatic heterocycles. The van der Waals surface area contributed by atoms with Gasteiger partial charge in [0.05, 0.1) is 6.10 Å². The Labute approximate surface area is 130 Å². The molecule has 1 aromatic heterocycles. The smallest absolute Gasteiger partial charge is 0.266 e. The highest BCUT2D eigenvalue weighted by Crippen LogP contribution is 2.20. The molecule has 6 nitrogen and oxygen atoms in total. The van der Waals surface area contributed by atoms with E-state index < -0.39 is 0 Å². The first-order chi connectivity index (χ1) is 10.8. The standard InChI is InChI=1S/C16H22N4O2/c1-2-14(21)12-19-8-10-20(11-9-19)16-17-15(22-18-16)13-6-4-3-5-7-13/h3-7,14,21H,2,8-12H2,1H3. The van der Waals surface area contributed by atoms with Crippen LogP contribution in [0.2, 0.25) is 0 Å². The molecule has 0 spiro atoms. The number of piperazine rings is 1. The van der Waals surface area contributed by atoms with Gasteiger partial charge in [-0.2, -0.15) is 4.98 Å². The third-order valence-corrected chi connectivity index (χ3v) is 4.03. The molecule has 1 aliphatic rings. The maximum absolute atomic E-state index is 9.73. The van der Waals surface area contributed by atoms with Gasteiger partial charge in [0.1, 0.15) is 0 Å². The van der Waals surface area contributed by atoms with Crippen molar-refractivity contribution in [2.24, 2.45) is 0 Å². The molecule has 2 aromatic rings. The summed E-state index contributed by atoms with van der Waals surface area (Å²) >= 11 is 0. The van der Waals surface area contributed by atoms with E-state index in [0.717, 1.165) is 44.7 Å². The first-order valence-electron chi connectivity index (χ1n) is 7.80. The van der Waals surface area contributed by atoms with Crippen LogP contribution >= 0.6 is 0 Å². The second-order valence-corrected chi connectivity index (χ2v) is 5.62. The van der Waals surface area contributed by atoms with Crippen LogP contribution in [0.3, 0.4) is 0 Å². The molecule has 1 atom stereocenters. The van der Waals surface area contributed by atoms with E-state index in [0.29, 0.717) is 11.8 Å². The van der Waals surface area contributed by atoms with Crippen LogP contribution in [0.15, 0.2) is 34.9 Å². The van der Waals surface area contributed by atoms with Crippen molar-refractivity contribution in [1.29, 1.82) is 0 Å². The average molecular weight is 302 g/mol. The SMILES string of the molecule is CCC(O)CN1CCN(c2noc(-c3ccccc3)n2)CC1. The normalized spacial score (nSPS) is 17.6. The van der Waals surface area contributed by atoms with Gasteiger partial charge in [0.15, 0.2) is 0 Å². The lowest BCUT2D eigenvalue weighted by Crippen LogP contribution is -2.48. The van der Waals surface area contributed by atoms with Gasteiger partial charge in [-0.05, 0) is 23.7 Å². The molecule has 1 N–H and O–H groups in total. The lowest BCUT2D eigenvalue weighted by molar-refractivity contribution is 0.106. The Morgan fingerprint density at radius 3 is 2.59 bits per heavy atom. The van der Waals surface area contributed by atoms with Crippen molar-refractivity contribution < 1.29 is 9.63 Å². The summed E-state index contributed by atoms with van der Waals surface area (Å²) in [6.07, 6.45) is 0.562. The molecular weight excluding hydrogens is 280 g/mol. The lowest BCUT2D eigenvalue weighted by atomic mass is 10.2. The van der Waals surface area contributed by atoms with Gasteiger partial charge in [0, 0.05) is 38.3 Å². The van der Waals surface area contributed by atoms with Gasteiger partial charge in [0.25, 0.3) is 11.8 Å². The number of β-amino-alcohol motifs (C(OH)–C–C–N with tert-alkyl or cyclic N) is 1. The zero-order valence-electron chi connectivity index (χ0n) is 12.9. The maximum Gasteiger partial charge on any atom is 0.266 e. The van der Waals surface area contributed by atoms with Gasteiger partial charge in [-0.15, -0.1) is 0 Å². The number of hydrogen-bond acceptors (Lipinski definition) is 6. The van der Waals surface area contributed by atoms with Gasteiger partial charge < -0.3 is 14.5 Å². The summed E-state index contributed by atoms with van der Waals surface area (Å²) in [5.41, 5.74) is 0.936. The molecule has 0 bridgehead atoms. The van der Waals surface area contributed by atoms with Crippen LogP contribution in [0, 0.1) is 0 Å². The van der Waals surface area contributed by atoms with Gasteiger partial charge in [-0.1, -0.05) is 25.1 Å². The minimum absolute atomic E-state index is 0.235. The lowest BCUT2D eigenvalue weighted by Gasteiger charge is -2.34. The number of rotatable bonds is 5. The monoisotopic (exact) mass is 302 g/mol. The van der Waals surface area contributed by atoms with E-state index in [2.05, 4.69) is 19.9 Å². The summed E-state index contributed by atoms with van der Waals surface area (Å²) in [6, 6.07) is 9.79. The van der Waals surface area contributed by atoms with Gasteiger partial charge >= 0.3 is 0 Å². The third-order valence-electron chi connectivity index (χ3n) is 4.03. The average Bonchev–Trinajstić information content (AvgIpc) is 3.06. The highest BCUT2D eigenvalue weighted by Gasteiger charge is 2.22. The van der Waals surface area contributed by atoms with Crippen LogP contribution in [0.25, 0.3) is 11.5 Å². The molecule has 0 amide bonds. The summed E-state index contributed by atoms with van der Waals surface area (Å²) in [4.78, 5) is 8.90. The van der Waals surface area contributed by atoms with E-state index in [-0.39, 0.29) is 6.10 Å². The fraction of sp³-hybridized carbons (Fsp3) is 0.500. The largest absolute Gasteiger partial charge is 0.392 e. The van der Waals surface area contributed by atoms with Crippen LogP contribution in [-0.4, -0.2) is 59.0 Å². The van der Waals surface area contributed by atoms with E-state index in [9.17, 15) is 5.11 Å². The van der Waals surface area contributed by atoms with E-state index in [1.165, 1.54) is 0 Å². The number of aliphatic hydroxyl groups excluding tert-OH is 1. The molecular formula is C16H22N4O2. The summed E-state index contributed by atoms with van der Waals surface area (Å²) in [5.74, 6) is 1.20. The van der Waals surface area contributed by atoms with Crippen molar-refractivity contribution in [3.05, 3.63) is 30.3 Å². The number of aromatic nitrogens is 2. The molecule has 1 fully saturated rings. The van der Waals surface area contributed by atoms with Crippen molar-refractivity contribution in [2.75, 3.05) is 37.6 Å². The predicted octanol–water partition coefficient (Wildman–Crippen LogP) is 1.63. The second-order valence-electron chi connectivity index (χ2n) is 5.62. The van der Waals surface area contributed by atoms with Crippen molar-refractivity contribution in [1.82, 2.24) is 15.0 Å². The molecule has 2 heterocycles. The van der Waals surface area contributed by atoms with E-state index in [1.807, 2.05) is 37.3 Å². The zero-order chi connectivity index (χ0) is 15.4. The van der Waals surface area contributed by atoms with Gasteiger partial charge in [-0.3, -0.25) is 4.90 Å². The minimum Gasteiger partial charge on any atom is -0.392 e. The Hall–Kier alpha value is -1.92. The molecule has 0 radical (unpaired) electrons. The third kappa shape index (κ3) is 3.45. The van der Waals surface area contributed by atoms with Crippen LogP contribution < -0.4 is 4.90 Å². The number of benzene rings is 1. The number of anilines is 1. The fourth-order valence-electron chi connectivity index (χ4n) is 2.60. The molecule has 0 aliphatic carbocycles. The van der Waals surface area contributed by atoms with Gasteiger partial charge in [0.2, 0.25) is 0 Å². The van der Waals surface area contributed by atoms with Crippen LogP contribution in [0.5, 0.6) is 0 Å². The Bertz CT molecular complexity index is 579. The fourth-order valence-corrected chi connectivity index (χ4v) is 2.60. The van der Waals surface area contributed by atoms with Gasteiger partial charge in [-0.25, -0.2) is 0 Å². The Balaban J connectivity index is 1.59. The molecule has 6 heteroatoms. The van der Waals surface area contributed by atoms with Crippen molar-refractivity contribution in [2.45, 2.75) is 19.4 Å². The van der Waals surface area contributed by atoms with Crippen LogP contribution in [0.1, 0.15) is 13.3 Å². The van der Waals surface area contributed by atoms with Crippen molar-refractivity contribution >= 4 is 5.95 Å². The predicted molar refractivity (Wildman–Crippen MR) is 84.7 cm³/mol. The summed E-state index contributed by atoms with van der Waals surface area (Å²) in [5, 5.41) is 13.8. The van der Waals surface area contributed by atoms with E-state index in [1.54, 1.807) is 0 Å². The number of aliphatic hydroxyl groups is 1. The van der Waals surface area contributed by atoms with Crippen molar-refractivity contribution in [3.63, 3.8) is 0 Å². The van der Waals surface area contributed by atoms with Crippen molar-refractivity contribution in [3.8, 4) is 11.5 Å². The number of nitrogens with zero attached hydrogens (tertiary/aromatic N) is 4. The molecule has 1 saturated heterocycles.